The third-order valence-corrected chi connectivity index (χ3v) is 6.30. The van der Waals surface area contributed by atoms with E-state index in [2.05, 4.69) is 17.3 Å². The third kappa shape index (κ3) is 6.36. The minimum absolute atomic E-state index is 0.0234. The van der Waals surface area contributed by atoms with E-state index in [-0.39, 0.29) is 23.4 Å². The van der Waals surface area contributed by atoms with Gasteiger partial charge in [0.15, 0.2) is 5.69 Å². The van der Waals surface area contributed by atoms with Crippen molar-refractivity contribution in [2.45, 2.75) is 57.9 Å². The van der Waals surface area contributed by atoms with Crippen molar-refractivity contribution in [3.05, 3.63) is 81.6 Å². The van der Waals surface area contributed by atoms with E-state index in [1.54, 1.807) is 18.2 Å². The normalized spacial score (nSPS) is 13.6. The number of ether oxygens (including phenoxy) is 1. The maximum absolute atomic E-state index is 13.2. The van der Waals surface area contributed by atoms with Crippen LogP contribution in [-0.2, 0) is 25.7 Å². The quantitative estimate of drug-likeness (QED) is 0.325. The first-order chi connectivity index (χ1) is 16.8. The van der Waals surface area contributed by atoms with E-state index >= 15 is 0 Å². The molecule has 5 nitrogen and oxygen atoms in total. The van der Waals surface area contributed by atoms with Crippen molar-refractivity contribution in [2.24, 2.45) is 0 Å². The van der Waals surface area contributed by atoms with E-state index in [4.69, 9.17) is 16.3 Å². The van der Waals surface area contributed by atoms with Gasteiger partial charge in [-0.2, -0.15) is 18.3 Å². The fourth-order valence-electron chi connectivity index (χ4n) is 3.87. The lowest BCUT2D eigenvalue weighted by Gasteiger charge is -2.10. The number of carbonyl (C=O) groups is 1. The lowest BCUT2D eigenvalue weighted by molar-refractivity contribution is -0.141. The van der Waals surface area contributed by atoms with Crippen LogP contribution in [0.4, 0.5) is 13.2 Å². The van der Waals surface area contributed by atoms with Crippen molar-refractivity contribution in [1.82, 2.24) is 15.1 Å². The fourth-order valence-corrected chi connectivity index (χ4v) is 4.27. The van der Waals surface area contributed by atoms with E-state index in [1.165, 1.54) is 10.2 Å². The molecule has 1 fully saturated rings. The largest absolute Gasteiger partial charge is 0.489 e. The molecular formula is C26H27ClF3N3O2. The second-order valence-corrected chi connectivity index (χ2v) is 9.02. The van der Waals surface area contributed by atoms with E-state index in [1.807, 2.05) is 30.3 Å². The number of halogens is 4. The van der Waals surface area contributed by atoms with Crippen molar-refractivity contribution in [2.75, 3.05) is 6.54 Å². The topological polar surface area (TPSA) is 56.1 Å². The van der Waals surface area contributed by atoms with Gasteiger partial charge in [-0.15, -0.1) is 0 Å². The molecule has 0 unspecified atom stereocenters. The maximum Gasteiger partial charge on any atom is 0.436 e. The molecule has 0 radical (unpaired) electrons. The molecule has 0 atom stereocenters. The van der Waals surface area contributed by atoms with Crippen LogP contribution in [0.1, 0.15) is 65.0 Å². The molecule has 0 bridgehead atoms. The SMILES string of the molecule is CCc1ccc(OCc2cccc(C(=O)NCCCn3nc(C(F)(F)F)c(Cl)c3C3CC3)c2)cc1. The van der Waals surface area contributed by atoms with E-state index in [0.717, 1.165) is 30.6 Å². The molecule has 186 valence electrons. The summed E-state index contributed by atoms with van der Waals surface area (Å²) in [4.78, 5) is 12.6. The first-order valence-corrected chi connectivity index (χ1v) is 12.1. The molecular weight excluding hydrogens is 479 g/mol. The number of nitrogens with zero attached hydrogens (tertiary/aromatic N) is 2. The molecule has 35 heavy (non-hydrogen) atoms. The molecule has 4 rings (SSSR count). The number of benzene rings is 2. The summed E-state index contributed by atoms with van der Waals surface area (Å²) in [6, 6.07) is 15.0. The number of nitrogens with one attached hydrogen (secondary N) is 1. The minimum Gasteiger partial charge on any atom is -0.489 e. The van der Waals surface area contributed by atoms with Gasteiger partial charge >= 0.3 is 6.18 Å². The van der Waals surface area contributed by atoms with E-state index in [0.29, 0.717) is 30.8 Å². The lowest BCUT2D eigenvalue weighted by atomic mass is 10.1. The second kappa shape index (κ2) is 10.7. The summed E-state index contributed by atoms with van der Waals surface area (Å²) in [5.41, 5.74) is 1.99. The Morgan fingerprint density at radius 3 is 2.57 bits per heavy atom. The average Bonchev–Trinajstić information content (AvgIpc) is 3.62. The van der Waals surface area contributed by atoms with E-state index in [9.17, 15) is 18.0 Å². The molecule has 1 amide bonds. The Hall–Kier alpha value is -3.00. The van der Waals surface area contributed by atoms with Crippen LogP contribution in [0.15, 0.2) is 48.5 Å². The number of amides is 1. The van der Waals surface area contributed by atoms with Crippen LogP contribution in [0.3, 0.4) is 0 Å². The highest BCUT2D eigenvalue weighted by Crippen LogP contribution is 2.46. The van der Waals surface area contributed by atoms with Crippen LogP contribution in [0.2, 0.25) is 5.02 Å². The summed E-state index contributed by atoms with van der Waals surface area (Å²) >= 11 is 6.00. The Morgan fingerprint density at radius 2 is 1.91 bits per heavy atom. The van der Waals surface area contributed by atoms with Crippen LogP contribution in [-0.4, -0.2) is 22.2 Å². The van der Waals surface area contributed by atoms with Gasteiger partial charge in [0, 0.05) is 24.6 Å². The number of aromatic nitrogens is 2. The van der Waals surface area contributed by atoms with Gasteiger partial charge in [-0.3, -0.25) is 9.48 Å². The zero-order chi connectivity index (χ0) is 25.0. The molecule has 1 aliphatic rings. The molecule has 1 heterocycles. The Bertz CT molecular complexity index is 1170. The first-order valence-electron chi connectivity index (χ1n) is 11.7. The molecule has 1 saturated carbocycles. The summed E-state index contributed by atoms with van der Waals surface area (Å²) in [6.45, 7) is 2.96. The van der Waals surface area contributed by atoms with Gasteiger partial charge in [0.25, 0.3) is 5.91 Å². The summed E-state index contributed by atoms with van der Waals surface area (Å²) in [7, 11) is 0. The number of carbonyl (C=O) groups excluding carboxylic acids is 1. The van der Waals surface area contributed by atoms with Gasteiger partial charge in [0.05, 0.1) is 10.7 Å². The Kier molecular flexibility index (Phi) is 7.69. The predicted octanol–water partition coefficient (Wildman–Crippen LogP) is 6.39. The second-order valence-electron chi connectivity index (χ2n) is 8.64. The zero-order valence-electron chi connectivity index (χ0n) is 19.4. The van der Waals surface area contributed by atoms with Crippen LogP contribution < -0.4 is 10.1 Å². The first kappa shape index (κ1) is 25.1. The average molecular weight is 506 g/mol. The smallest absolute Gasteiger partial charge is 0.436 e. The van der Waals surface area contributed by atoms with Crippen molar-refractivity contribution in [3.63, 3.8) is 0 Å². The number of rotatable bonds is 10. The molecule has 1 aromatic heterocycles. The van der Waals surface area contributed by atoms with Gasteiger partial charge in [0.1, 0.15) is 12.4 Å². The van der Waals surface area contributed by atoms with Gasteiger partial charge in [-0.1, -0.05) is 42.8 Å². The van der Waals surface area contributed by atoms with Crippen LogP contribution in [0.5, 0.6) is 5.75 Å². The number of alkyl halides is 3. The highest BCUT2D eigenvalue weighted by Gasteiger charge is 2.41. The lowest BCUT2D eigenvalue weighted by Crippen LogP contribution is -2.25. The summed E-state index contributed by atoms with van der Waals surface area (Å²) in [5.74, 6) is 0.529. The number of hydrogen-bond acceptors (Lipinski definition) is 3. The summed E-state index contributed by atoms with van der Waals surface area (Å²) in [6.07, 6.45) is -1.58. The van der Waals surface area contributed by atoms with Gasteiger partial charge < -0.3 is 10.1 Å². The van der Waals surface area contributed by atoms with Gasteiger partial charge in [0.2, 0.25) is 0 Å². The van der Waals surface area contributed by atoms with E-state index < -0.39 is 11.9 Å². The Morgan fingerprint density at radius 1 is 1.17 bits per heavy atom. The minimum atomic E-state index is -4.59. The highest BCUT2D eigenvalue weighted by molar-refractivity contribution is 6.32. The number of aryl methyl sites for hydroxylation is 2. The molecule has 3 aromatic rings. The fraction of sp³-hybridized carbons (Fsp3) is 0.385. The van der Waals surface area contributed by atoms with Crippen molar-refractivity contribution in [1.29, 1.82) is 0 Å². The van der Waals surface area contributed by atoms with Crippen LogP contribution in [0, 0.1) is 0 Å². The zero-order valence-corrected chi connectivity index (χ0v) is 20.1. The molecule has 1 N–H and O–H groups in total. The van der Waals surface area contributed by atoms with Crippen molar-refractivity contribution in [3.8, 4) is 5.75 Å². The predicted molar refractivity (Wildman–Crippen MR) is 128 cm³/mol. The standard InChI is InChI=1S/C26H27ClF3N3O2/c1-2-17-7-11-21(12-8-17)35-16-18-5-3-6-20(15-18)25(34)31-13-4-14-33-23(19-9-10-19)22(27)24(32-33)26(28,29)30/h3,5-8,11-12,15,19H,2,4,9-10,13-14,16H2,1H3,(H,31,34). The summed E-state index contributed by atoms with van der Waals surface area (Å²) in [5, 5.41) is 6.24. The molecule has 0 saturated heterocycles. The molecule has 0 aliphatic heterocycles. The molecule has 2 aromatic carbocycles. The maximum atomic E-state index is 13.2. The molecule has 9 heteroatoms. The molecule has 0 spiro atoms. The third-order valence-electron chi connectivity index (χ3n) is 5.92. The van der Waals surface area contributed by atoms with Gasteiger partial charge in [-0.05, 0) is 61.1 Å². The Balaban J connectivity index is 1.29. The van der Waals surface area contributed by atoms with Crippen molar-refractivity contribution < 1.29 is 22.7 Å². The summed E-state index contributed by atoms with van der Waals surface area (Å²) < 4.78 is 46.7. The number of hydrogen-bond donors (Lipinski definition) is 1. The van der Waals surface area contributed by atoms with Crippen LogP contribution >= 0.6 is 11.6 Å². The highest BCUT2D eigenvalue weighted by atomic mass is 35.5. The van der Waals surface area contributed by atoms with Crippen LogP contribution in [0.25, 0.3) is 0 Å². The van der Waals surface area contributed by atoms with Crippen molar-refractivity contribution >= 4 is 17.5 Å². The van der Waals surface area contributed by atoms with Gasteiger partial charge in [-0.25, -0.2) is 0 Å². The monoisotopic (exact) mass is 505 g/mol. The molecule has 1 aliphatic carbocycles. The Labute approximate surface area is 207 Å².